The number of hydrogen-bond donors (Lipinski definition) is 2. The second-order valence-corrected chi connectivity index (χ2v) is 11.2. The van der Waals surface area contributed by atoms with E-state index in [0.717, 1.165) is 88.5 Å². The smallest absolute Gasteiger partial charge is 0.255 e. The van der Waals surface area contributed by atoms with Crippen LogP contribution in [0, 0.1) is 0 Å². The number of H-pyrrole nitrogens is 1. The molecule has 8 nitrogen and oxygen atoms in total. The molecule has 0 radical (unpaired) electrons. The summed E-state index contributed by atoms with van der Waals surface area (Å²) in [5.74, 6) is 0.367. The van der Waals surface area contributed by atoms with Gasteiger partial charge in [0.25, 0.3) is 5.56 Å². The molecule has 192 valence electrons. The predicted octanol–water partition coefficient (Wildman–Crippen LogP) is 2.59. The number of hydrogen-bond acceptors (Lipinski definition) is 6. The zero-order valence-corrected chi connectivity index (χ0v) is 21.2. The first kappa shape index (κ1) is 23.5. The number of rotatable bonds is 5. The van der Waals surface area contributed by atoms with Gasteiger partial charge in [0, 0.05) is 55.0 Å². The monoisotopic (exact) mass is 490 g/mol. The SMILES string of the molecule is NC(=O)c1ccc2c(c1)N(CCN1CCCCC1)CC21CCN(c2nc3c(c(=O)[nH]2)CCCC3)CC1. The lowest BCUT2D eigenvalue weighted by atomic mass is 9.74. The Hall–Kier alpha value is -2.87. The first-order valence-corrected chi connectivity index (χ1v) is 13.8. The van der Waals surface area contributed by atoms with E-state index in [1.165, 1.54) is 43.6 Å². The number of nitrogens with one attached hydrogen (secondary N) is 1. The maximum Gasteiger partial charge on any atom is 0.255 e. The van der Waals surface area contributed by atoms with Crippen LogP contribution in [0.15, 0.2) is 23.0 Å². The van der Waals surface area contributed by atoms with Crippen LogP contribution in [0.25, 0.3) is 0 Å². The summed E-state index contributed by atoms with van der Waals surface area (Å²) >= 11 is 0. The van der Waals surface area contributed by atoms with E-state index in [2.05, 4.69) is 25.8 Å². The van der Waals surface area contributed by atoms with E-state index in [1.807, 2.05) is 12.1 Å². The number of piperidine rings is 2. The second-order valence-electron chi connectivity index (χ2n) is 11.2. The molecule has 8 heteroatoms. The number of carbonyl (C=O) groups is 1. The standard InChI is InChI=1S/C28H38N6O2/c29-25(35)20-8-9-22-24(18-20)34(17-16-32-12-4-1-5-13-32)19-28(22)10-14-33(15-11-28)27-30-23-7-3-2-6-21(23)26(36)31-27/h8-9,18H,1-7,10-17,19H2,(H2,29,35)(H,30,31,36). The van der Waals surface area contributed by atoms with Crippen LogP contribution in [-0.2, 0) is 18.3 Å². The summed E-state index contributed by atoms with van der Waals surface area (Å²) in [5, 5.41) is 0. The van der Waals surface area contributed by atoms with Crippen LogP contribution < -0.4 is 21.1 Å². The molecule has 2 aromatic rings. The summed E-state index contributed by atoms with van der Waals surface area (Å²) in [7, 11) is 0. The Bertz CT molecular complexity index is 1190. The van der Waals surface area contributed by atoms with E-state index in [4.69, 9.17) is 10.7 Å². The van der Waals surface area contributed by atoms with Crippen molar-refractivity contribution in [1.82, 2.24) is 14.9 Å². The quantitative estimate of drug-likeness (QED) is 0.669. The third kappa shape index (κ3) is 4.29. The van der Waals surface area contributed by atoms with Crippen LogP contribution in [0.2, 0.25) is 0 Å². The van der Waals surface area contributed by atoms with Crippen molar-refractivity contribution in [2.24, 2.45) is 5.73 Å². The van der Waals surface area contributed by atoms with Crippen LogP contribution in [0.4, 0.5) is 11.6 Å². The highest BCUT2D eigenvalue weighted by Crippen LogP contribution is 2.47. The van der Waals surface area contributed by atoms with Gasteiger partial charge in [-0.1, -0.05) is 12.5 Å². The fourth-order valence-corrected chi connectivity index (χ4v) is 6.89. The molecule has 3 aliphatic heterocycles. The Morgan fingerprint density at radius 2 is 1.78 bits per heavy atom. The van der Waals surface area contributed by atoms with Crippen molar-refractivity contribution < 1.29 is 4.79 Å². The van der Waals surface area contributed by atoms with E-state index < -0.39 is 0 Å². The van der Waals surface area contributed by atoms with Crippen molar-refractivity contribution in [3.8, 4) is 0 Å². The molecule has 2 saturated heterocycles. The minimum absolute atomic E-state index is 0.0454. The molecule has 3 N–H and O–H groups in total. The van der Waals surface area contributed by atoms with E-state index in [0.29, 0.717) is 5.56 Å². The summed E-state index contributed by atoms with van der Waals surface area (Å²) in [4.78, 5) is 40.0. The molecule has 1 spiro atoms. The molecule has 0 atom stereocenters. The van der Waals surface area contributed by atoms with E-state index in [9.17, 15) is 9.59 Å². The van der Waals surface area contributed by atoms with Crippen LogP contribution in [-0.4, -0.2) is 66.6 Å². The summed E-state index contributed by atoms with van der Waals surface area (Å²) < 4.78 is 0. The molecule has 1 aliphatic carbocycles. The molecule has 36 heavy (non-hydrogen) atoms. The average Bonchev–Trinajstić information content (AvgIpc) is 3.20. The van der Waals surface area contributed by atoms with E-state index in [1.54, 1.807) is 0 Å². The highest BCUT2D eigenvalue weighted by molar-refractivity contribution is 5.94. The number of aromatic amines is 1. The molecule has 2 fully saturated rings. The molecule has 1 amide bonds. The van der Waals surface area contributed by atoms with Crippen molar-refractivity contribution in [1.29, 1.82) is 0 Å². The highest BCUT2D eigenvalue weighted by Gasteiger charge is 2.45. The van der Waals surface area contributed by atoms with Crippen molar-refractivity contribution in [2.45, 2.75) is 63.2 Å². The second kappa shape index (κ2) is 9.54. The van der Waals surface area contributed by atoms with Gasteiger partial charge in [-0.3, -0.25) is 14.6 Å². The van der Waals surface area contributed by atoms with Gasteiger partial charge in [0.2, 0.25) is 11.9 Å². The topological polar surface area (TPSA) is 98.6 Å². The zero-order chi connectivity index (χ0) is 24.7. The normalized spacial score (nSPS) is 21.4. The number of primary amides is 1. The summed E-state index contributed by atoms with van der Waals surface area (Å²) in [6.45, 7) is 7.10. The first-order valence-electron chi connectivity index (χ1n) is 13.8. The predicted molar refractivity (Wildman–Crippen MR) is 142 cm³/mol. The van der Waals surface area contributed by atoms with Crippen LogP contribution in [0.5, 0.6) is 0 Å². The molecule has 4 aliphatic rings. The molecular formula is C28H38N6O2. The summed E-state index contributed by atoms with van der Waals surface area (Å²) in [6, 6.07) is 6.05. The molecule has 1 aromatic heterocycles. The van der Waals surface area contributed by atoms with Crippen LogP contribution in [0.3, 0.4) is 0 Å². The number of amides is 1. The Labute approximate surface area is 212 Å². The third-order valence-electron chi connectivity index (χ3n) is 9.02. The lowest BCUT2D eigenvalue weighted by molar-refractivity contribution is 0.100. The Morgan fingerprint density at radius 3 is 2.56 bits per heavy atom. The van der Waals surface area contributed by atoms with Crippen molar-refractivity contribution >= 4 is 17.5 Å². The number of nitrogens with zero attached hydrogens (tertiary/aromatic N) is 4. The molecule has 4 heterocycles. The Kier molecular flexibility index (Phi) is 6.23. The van der Waals surface area contributed by atoms with Gasteiger partial charge in [0.1, 0.15) is 0 Å². The minimum atomic E-state index is -0.369. The van der Waals surface area contributed by atoms with E-state index >= 15 is 0 Å². The summed E-state index contributed by atoms with van der Waals surface area (Å²) in [6.07, 6.45) is 9.87. The number of aromatic nitrogens is 2. The van der Waals surface area contributed by atoms with Gasteiger partial charge in [0.05, 0.1) is 5.69 Å². The maximum absolute atomic E-state index is 12.7. The van der Waals surface area contributed by atoms with Gasteiger partial charge in [0.15, 0.2) is 0 Å². The zero-order valence-electron chi connectivity index (χ0n) is 21.2. The molecule has 0 unspecified atom stereocenters. The Morgan fingerprint density at radius 1 is 1.00 bits per heavy atom. The van der Waals surface area contributed by atoms with Gasteiger partial charge in [-0.2, -0.15) is 0 Å². The van der Waals surface area contributed by atoms with Crippen molar-refractivity contribution in [2.75, 3.05) is 55.6 Å². The summed E-state index contributed by atoms with van der Waals surface area (Å²) in [5.41, 5.74) is 10.7. The number of carbonyl (C=O) groups excluding carboxylic acids is 1. The van der Waals surface area contributed by atoms with Gasteiger partial charge >= 0.3 is 0 Å². The van der Waals surface area contributed by atoms with E-state index in [-0.39, 0.29) is 16.9 Å². The van der Waals surface area contributed by atoms with Gasteiger partial charge in [-0.05, 0) is 82.2 Å². The number of fused-ring (bicyclic) bond motifs is 3. The molecule has 0 saturated carbocycles. The van der Waals surface area contributed by atoms with Gasteiger partial charge in [-0.25, -0.2) is 4.98 Å². The number of anilines is 2. The molecular weight excluding hydrogens is 452 g/mol. The largest absolute Gasteiger partial charge is 0.369 e. The van der Waals surface area contributed by atoms with Gasteiger partial charge < -0.3 is 20.4 Å². The first-order chi connectivity index (χ1) is 17.5. The molecule has 0 bridgehead atoms. The van der Waals surface area contributed by atoms with Crippen molar-refractivity contribution in [3.05, 3.63) is 50.9 Å². The lowest BCUT2D eigenvalue weighted by Crippen LogP contribution is -2.47. The lowest BCUT2D eigenvalue weighted by Gasteiger charge is -2.40. The number of aryl methyl sites for hydroxylation is 1. The number of likely N-dealkylation sites (tertiary alicyclic amines) is 1. The maximum atomic E-state index is 12.7. The Balaban J connectivity index is 1.22. The fourth-order valence-electron chi connectivity index (χ4n) is 6.89. The minimum Gasteiger partial charge on any atom is -0.369 e. The van der Waals surface area contributed by atoms with Crippen LogP contribution >= 0.6 is 0 Å². The fraction of sp³-hybridized carbons (Fsp3) is 0.607. The molecule has 1 aromatic carbocycles. The van der Waals surface area contributed by atoms with Crippen LogP contribution in [0.1, 0.15) is 72.1 Å². The molecule has 6 rings (SSSR count). The highest BCUT2D eigenvalue weighted by atomic mass is 16.1. The van der Waals surface area contributed by atoms with Gasteiger partial charge in [-0.15, -0.1) is 0 Å². The van der Waals surface area contributed by atoms with Crippen molar-refractivity contribution in [3.63, 3.8) is 0 Å². The number of benzene rings is 1. The average molecular weight is 491 g/mol. The third-order valence-corrected chi connectivity index (χ3v) is 9.02. The number of nitrogens with two attached hydrogens (primary N) is 1.